The fourth-order valence-electron chi connectivity index (χ4n) is 2.16. The second-order valence-electron chi connectivity index (χ2n) is 4.60. The molecule has 0 aliphatic heterocycles. The summed E-state index contributed by atoms with van der Waals surface area (Å²) in [4.78, 5) is 18.9. The number of carbonyl (C=O) groups is 1. The maximum atomic E-state index is 10.8. The molecule has 0 spiro atoms. The number of hydrogen-bond donors (Lipinski definition) is 2. The van der Waals surface area contributed by atoms with Gasteiger partial charge in [0.05, 0.1) is 11.8 Å². The van der Waals surface area contributed by atoms with Gasteiger partial charge in [0.2, 0.25) is 0 Å². The van der Waals surface area contributed by atoms with Gasteiger partial charge in [-0.15, -0.1) is 0 Å². The second kappa shape index (κ2) is 5.62. The number of nitrogens with zero attached hydrogens (tertiary/aromatic N) is 3. The molecule has 1 aromatic carbocycles. The van der Waals surface area contributed by atoms with Crippen molar-refractivity contribution in [1.29, 1.82) is 0 Å². The van der Waals surface area contributed by atoms with Crippen molar-refractivity contribution in [2.24, 2.45) is 0 Å². The van der Waals surface area contributed by atoms with E-state index in [4.69, 9.17) is 5.11 Å². The van der Waals surface area contributed by atoms with Crippen molar-refractivity contribution in [2.45, 2.75) is 6.54 Å². The zero-order valence-electron chi connectivity index (χ0n) is 11.2. The molecule has 0 atom stereocenters. The molecule has 6 nitrogen and oxygen atoms in total. The number of pyridine rings is 1. The van der Waals surface area contributed by atoms with Gasteiger partial charge in [-0.3, -0.25) is 4.98 Å². The van der Waals surface area contributed by atoms with E-state index in [-0.39, 0.29) is 5.69 Å². The van der Waals surface area contributed by atoms with Crippen LogP contribution in [-0.4, -0.2) is 32.2 Å². The Bertz CT molecular complexity index is 777. The number of aromatic nitrogens is 3. The molecule has 0 unspecified atom stereocenters. The van der Waals surface area contributed by atoms with Crippen LogP contribution in [0.15, 0.2) is 49.1 Å². The molecule has 0 saturated carbocycles. The van der Waals surface area contributed by atoms with E-state index >= 15 is 0 Å². The first-order chi connectivity index (χ1) is 10.2. The first-order valence-corrected chi connectivity index (χ1v) is 6.57. The second-order valence-corrected chi connectivity index (χ2v) is 4.60. The van der Waals surface area contributed by atoms with Crippen LogP contribution in [0.25, 0.3) is 10.9 Å². The number of para-hydroxylation sites is 1. The summed E-state index contributed by atoms with van der Waals surface area (Å²) in [6.45, 7) is 1.31. The maximum absolute atomic E-state index is 10.8. The first-order valence-electron chi connectivity index (χ1n) is 6.57. The molecule has 3 aromatic rings. The van der Waals surface area contributed by atoms with Crippen LogP contribution in [0.2, 0.25) is 0 Å². The lowest BCUT2D eigenvalue weighted by molar-refractivity contribution is 0.0691. The number of imidazole rings is 1. The summed E-state index contributed by atoms with van der Waals surface area (Å²) in [6, 6.07) is 9.85. The molecular formula is C15H14N4O2. The Balaban J connectivity index is 1.68. The third kappa shape index (κ3) is 2.84. The molecule has 0 amide bonds. The minimum absolute atomic E-state index is 0.0596. The van der Waals surface area contributed by atoms with E-state index in [9.17, 15) is 4.79 Å². The van der Waals surface area contributed by atoms with Crippen LogP contribution >= 0.6 is 0 Å². The average molecular weight is 282 g/mol. The Morgan fingerprint density at radius 1 is 1.24 bits per heavy atom. The molecule has 2 aromatic heterocycles. The lowest BCUT2D eigenvalue weighted by Gasteiger charge is -2.09. The van der Waals surface area contributed by atoms with E-state index in [1.807, 2.05) is 30.3 Å². The van der Waals surface area contributed by atoms with E-state index in [0.717, 1.165) is 16.6 Å². The molecule has 0 aliphatic rings. The van der Waals surface area contributed by atoms with Gasteiger partial charge in [0.1, 0.15) is 0 Å². The van der Waals surface area contributed by atoms with Crippen molar-refractivity contribution < 1.29 is 9.90 Å². The number of benzene rings is 1. The summed E-state index contributed by atoms with van der Waals surface area (Å²) in [5, 5.41) is 13.2. The highest BCUT2D eigenvalue weighted by Gasteiger charge is 2.06. The molecule has 6 heteroatoms. The summed E-state index contributed by atoms with van der Waals surface area (Å²) in [5.41, 5.74) is 2.02. The number of rotatable bonds is 5. The van der Waals surface area contributed by atoms with Crippen molar-refractivity contribution in [1.82, 2.24) is 14.5 Å². The predicted octanol–water partition coefficient (Wildman–Crippen LogP) is 2.24. The van der Waals surface area contributed by atoms with Crippen LogP contribution in [-0.2, 0) is 6.54 Å². The summed E-state index contributed by atoms with van der Waals surface area (Å²) < 4.78 is 1.75. The van der Waals surface area contributed by atoms with Gasteiger partial charge in [-0.25, -0.2) is 9.78 Å². The molecule has 21 heavy (non-hydrogen) atoms. The zero-order chi connectivity index (χ0) is 14.7. The lowest BCUT2D eigenvalue weighted by atomic mass is 10.2. The quantitative estimate of drug-likeness (QED) is 0.750. The van der Waals surface area contributed by atoms with Gasteiger partial charge < -0.3 is 15.0 Å². The number of aromatic carboxylic acids is 1. The largest absolute Gasteiger partial charge is 0.476 e. The lowest BCUT2D eigenvalue weighted by Crippen LogP contribution is -2.09. The molecule has 0 bridgehead atoms. The van der Waals surface area contributed by atoms with Gasteiger partial charge in [-0.1, -0.05) is 18.2 Å². The van der Waals surface area contributed by atoms with Crippen LogP contribution in [0.1, 0.15) is 10.5 Å². The van der Waals surface area contributed by atoms with Crippen molar-refractivity contribution in [3.05, 3.63) is 54.7 Å². The summed E-state index contributed by atoms with van der Waals surface area (Å²) in [7, 11) is 0. The van der Waals surface area contributed by atoms with Crippen molar-refractivity contribution in [2.75, 3.05) is 11.9 Å². The van der Waals surface area contributed by atoms with E-state index in [1.54, 1.807) is 10.8 Å². The van der Waals surface area contributed by atoms with E-state index in [2.05, 4.69) is 15.3 Å². The minimum atomic E-state index is -1.01. The monoisotopic (exact) mass is 282 g/mol. The molecule has 0 aliphatic carbocycles. The van der Waals surface area contributed by atoms with Crippen LogP contribution in [0.4, 0.5) is 5.69 Å². The van der Waals surface area contributed by atoms with Gasteiger partial charge in [0.25, 0.3) is 0 Å². The topological polar surface area (TPSA) is 80.0 Å². The zero-order valence-corrected chi connectivity index (χ0v) is 11.2. The summed E-state index contributed by atoms with van der Waals surface area (Å²) in [5.74, 6) is -1.01. The molecule has 0 saturated heterocycles. The molecule has 2 heterocycles. The number of anilines is 1. The molecule has 0 radical (unpaired) electrons. The van der Waals surface area contributed by atoms with Crippen LogP contribution in [0.5, 0.6) is 0 Å². The van der Waals surface area contributed by atoms with Gasteiger partial charge in [0.15, 0.2) is 5.69 Å². The number of fused-ring (bicyclic) bond motifs is 1. The van der Waals surface area contributed by atoms with Gasteiger partial charge in [-0.2, -0.15) is 0 Å². The number of nitrogens with one attached hydrogen (secondary N) is 1. The van der Waals surface area contributed by atoms with Gasteiger partial charge in [0, 0.05) is 36.6 Å². The van der Waals surface area contributed by atoms with Crippen LogP contribution < -0.4 is 5.32 Å². The van der Waals surface area contributed by atoms with Crippen LogP contribution in [0, 0.1) is 0 Å². The first kappa shape index (κ1) is 13.1. The van der Waals surface area contributed by atoms with Gasteiger partial charge >= 0.3 is 5.97 Å². The third-order valence-corrected chi connectivity index (χ3v) is 3.19. The third-order valence-electron chi connectivity index (χ3n) is 3.19. The Hall–Kier alpha value is -2.89. The standard InChI is InChI=1S/C15H14N4O2/c20-15(21)14-9-19(10-18-14)8-7-17-13-5-6-16-12-4-2-1-3-11(12)13/h1-6,9-10H,7-8H2,(H,16,17)(H,20,21). The van der Waals surface area contributed by atoms with E-state index in [0.29, 0.717) is 13.1 Å². The molecular weight excluding hydrogens is 268 g/mol. The smallest absolute Gasteiger partial charge is 0.356 e. The highest BCUT2D eigenvalue weighted by Crippen LogP contribution is 2.20. The Labute approximate surface area is 121 Å². The van der Waals surface area contributed by atoms with Crippen LogP contribution in [0.3, 0.4) is 0 Å². The Morgan fingerprint density at radius 3 is 2.90 bits per heavy atom. The van der Waals surface area contributed by atoms with E-state index < -0.39 is 5.97 Å². The Morgan fingerprint density at radius 2 is 2.10 bits per heavy atom. The minimum Gasteiger partial charge on any atom is -0.476 e. The predicted molar refractivity (Wildman–Crippen MR) is 79.4 cm³/mol. The highest BCUT2D eigenvalue weighted by molar-refractivity contribution is 5.90. The summed E-state index contributed by atoms with van der Waals surface area (Å²) in [6.07, 6.45) is 4.81. The van der Waals surface area contributed by atoms with Gasteiger partial charge in [-0.05, 0) is 12.1 Å². The average Bonchev–Trinajstić information content (AvgIpc) is 2.97. The SMILES string of the molecule is O=C(O)c1cn(CCNc2ccnc3ccccc23)cn1. The van der Waals surface area contributed by atoms with Crippen molar-refractivity contribution in [3.8, 4) is 0 Å². The summed E-state index contributed by atoms with van der Waals surface area (Å²) >= 11 is 0. The van der Waals surface area contributed by atoms with Crippen molar-refractivity contribution in [3.63, 3.8) is 0 Å². The van der Waals surface area contributed by atoms with E-state index in [1.165, 1.54) is 12.5 Å². The molecule has 0 fully saturated rings. The molecule has 106 valence electrons. The highest BCUT2D eigenvalue weighted by atomic mass is 16.4. The Kier molecular flexibility index (Phi) is 3.51. The van der Waals surface area contributed by atoms with Crippen molar-refractivity contribution >= 4 is 22.6 Å². The number of carboxylic acids is 1. The molecule has 2 N–H and O–H groups in total. The normalized spacial score (nSPS) is 10.7. The maximum Gasteiger partial charge on any atom is 0.356 e. The fourth-order valence-corrected chi connectivity index (χ4v) is 2.16. The molecule has 3 rings (SSSR count). The number of carboxylic acid groups (broad SMARTS) is 1. The fraction of sp³-hybridized carbons (Fsp3) is 0.133. The number of hydrogen-bond acceptors (Lipinski definition) is 4.